The molecule has 2 aliphatic rings. The first-order valence-electron chi connectivity index (χ1n) is 10.0. The van der Waals surface area contributed by atoms with E-state index in [2.05, 4.69) is 39.1 Å². The third-order valence-electron chi connectivity index (χ3n) is 6.45. The number of Topliss-reactive ketones (excluding diaryl/α,β-unsaturated/α-hetero) is 1. The first-order chi connectivity index (χ1) is 12.6. The predicted molar refractivity (Wildman–Crippen MR) is 108 cm³/mol. The number of ketones is 1. The van der Waals surface area contributed by atoms with Crippen LogP contribution in [0.3, 0.4) is 0 Å². The van der Waals surface area contributed by atoms with Crippen LogP contribution < -0.4 is 11.1 Å². The number of nitrogens with two attached hydrogens (primary N) is 1. The van der Waals surface area contributed by atoms with Gasteiger partial charge in [-0.2, -0.15) is 0 Å². The van der Waals surface area contributed by atoms with Crippen molar-refractivity contribution in [3.63, 3.8) is 0 Å². The molecule has 1 aromatic rings. The van der Waals surface area contributed by atoms with Crippen LogP contribution in [0.15, 0.2) is 18.2 Å². The summed E-state index contributed by atoms with van der Waals surface area (Å²) in [4.78, 5) is 27.5. The molecular weight excluding hydrogens is 338 g/mol. The maximum absolute atomic E-state index is 13.3. The van der Waals surface area contributed by atoms with Crippen LogP contribution >= 0.6 is 0 Å². The number of benzene rings is 1. The van der Waals surface area contributed by atoms with Gasteiger partial charge in [0.1, 0.15) is 0 Å². The standard InChI is InChI=1S/C22H33N3O2/c1-21(2)8-9-22(3,4)19-15(6-5-7-16(19)21)18(26)14-17(20(23)27)25-12-10-24-11-13-25/h5-7,17,24H,8-14H2,1-4H3,(H2,23,27). The fraction of sp³-hybridized carbons (Fsp3) is 0.636. The first-order valence-corrected chi connectivity index (χ1v) is 10.0. The minimum Gasteiger partial charge on any atom is -0.368 e. The van der Waals surface area contributed by atoms with Crippen LogP contribution in [0.2, 0.25) is 0 Å². The molecule has 5 heteroatoms. The number of hydrogen-bond donors (Lipinski definition) is 2. The Bertz CT molecular complexity index is 733. The minimum atomic E-state index is -0.532. The average Bonchev–Trinajstić information content (AvgIpc) is 2.63. The van der Waals surface area contributed by atoms with Crippen molar-refractivity contribution >= 4 is 11.7 Å². The van der Waals surface area contributed by atoms with Crippen LogP contribution in [-0.2, 0) is 15.6 Å². The highest BCUT2D eigenvalue weighted by Gasteiger charge is 2.40. The average molecular weight is 372 g/mol. The Morgan fingerprint density at radius 2 is 1.74 bits per heavy atom. The number of fused-ring (bicyclic) bond motifs is 1. The number of amides is 1. The molecule has 1 amide bonds. The zero-order chi connectivity index (χ0) is 19.8. The summed E-state index contributed by atoms with van der Waals surface area (Å²) in [6.07, 6.45) is 2.31. The van der Waals surface area contributed by atoms with Crippen molar-refractivity contribution in [1.82, 2.24) is 10.2 Å². The second-order valence-corrected chi connectivity index (χ2v) is 9.33. The number of piperazine rings is 1. The Labute approximate surface area is 162 Å². The molecule has 1 aliphatic heterocycles. The van der Waals surface area contributed by atoms with Gasteiger partial charge in [-0.05, 0) is 34.8 Å². The molecule has 0 saturated carbocycles. The Morgan fingerprint density at radius 1 is 1.11 bits per heavy atom. The molecule has 5 nitrogen and oxygen atoms in total. The largest absolute Gasteiger partial charge is 0.368 e. The summed E-state index contributed by atoms with van der Waals surface area (Å²) < 4.78 is 0. The Kier molecular flexibility index (Phi) is 5.46. The van der Waals surface area contributed by atoms with E-state index in [1.807, 2.05) is 17.0 Å². The van der Waals surface area contributed by atoms with Crippen molar-refractivity contribution in [2.45, 2.75) is 63.8 Å². The molecule has 1 unspecified atom stereocenters. The molecule has 3 N–H and O–H groups in total. The SMILES string of the molecule is CC1(C)CCC(C)(C)c2c(C(=O)CC(C(N)=O)N3CCNCC3)cccc21. The lowest BCUT2D eigenvalue weighted by molar-refractivity contribution is -0.123. The number of nitrogens with zero attached hydrogens (tertiary/aromatic N) is 1. The Hall–Kier alpha value is -1.72. The van der Waals surface area contributed by atoms with Gasteiger partial charge in [0.25, 0.3) is 0 Å². The molecule has 1 heterocycles. The molecule has 0 radical (unpaired) electrons. The highest BCUT2D eigenvalue weighted by atomic mass is 16.2. The van der Waals surface area contributed by atoms with Crippen molar-refractivity contribution in [3.8, 4) is 0 Å². The van der Waals surface area contributed by atoms with Gasteiger partial charge in [-0.3, -0.25) is 14.5 Å². The summed E-state index contributed by atoms with van der Waals surface area (Å²) in [6.45, 7) is 12.1. The maximum atomic E-state index is 13.3. The fourth-order valence-electron chi connectivity index (χ4n) is 4.65. The highest BCUT2D eigenvalue weighted by Crippen LogP contribution is 2.47. The van der Waals surface area contributed by atoms with Crippen LogP contribution in [-0.4, -0.2) is 48.8 Å². The molecule has 1 aromatic carbocycles. The van der Waals surface area contributed by atoms with E-state index in [1.54, 1.807) is 0 Å². The predicted octanol–water partition coefficient (Wildman–Crippen LogP) is 2.37. The maximum Gasteiger partial charge on any atom is 0.235 e. The van der Waals surface area contributed by atoms with Crippen LogP contribution in [0.25, 0.3) is 0 Å². The van der Waals surface area contributed by atoms with Gasteiger partial charge in [0.2, 0.25) is 5.91 Å². The van der Waals surface area contributed by atoms with Crippen LogP contribution in [0.4, 0.5) is 0 Å². The molecule has 0 aromatic heterocycles. The molecule has 0 bridgehead atoms. The van der Waals surface area contributed by atoms with Crippen molar-refractivity contribution in [2.24, 2.45) is 5.73 Å². The van der Waals surface area contributed by atoms with Gasteiger partial charge in [0.05, 0.1) is 6.04 Å². The van der Waals surface area contributed by atoms with E-state index in [4.69, 9.17) is 5.73 Å². The fourth-order valence-corrected chi connectivity index (χ4v) is 4.65. The second-order valence-electron chi connectivity index (χ2n) is 9.33. The molecule has 148 valence electrons. The summed E-state index contributed by atoms with van der Waals surface area (Å²) in [5.74, 6) is -0.380. The second kappa shape index (κ2) is 7.36. The minimum absolute atomic E-state index is 0.0277. The lowest BCUT2D eigenvalue weighted by atomic mass is 9.61. The summed E-state index contributed by atoms with van der Waals surface area (Å²) >= 11 is 0. The number of hydrogen-bond acceptors (Lipinski definition) is 4. The van der Waals surface area contributed by atoms with Crippen molar-refractivity contribution in [2.75, 3.05) is 26.2 Å². The van der Waals surface area contributed by atoms with Gasteiger partial charge < -0.3 is 11.1 Å². The van der Waals surface area contributed by atoms with E-state index in [-0.39, 0.29) is 23.0 Å². The topological polar surface area (TPSA) is 75.4 Å². The zero-order valence-corrected chi connectivity index (χ0v) is 17.1. The van der Waals surface area contributed by atoms with Gasteiger partial charge in [0, 0.05) is 38.2 Å². The van der Waals surface area contributed by atoms with Crippen LogP contribution in [0.1, 0.15) is 68.4 Å². The Balaban J connectivity index is 1.94. The van der Waals surface area contributed by atoms with Gasteiger partial charge in [-0.25, -0.2) is 0 Å². The number of nitrogens with one attached hydrogen (secondary N) is 1. The summed E-state index contributed by atoms with van der Waals surface area (Å²) in [7, 11) is 0. The van der Waals surface area contributed by atoms with Gasteiger partial charge >= 0.3 is 0 Å². The number of primary amides is 1. The molecule has 1 atom stereocenters. The van der Waals surface area contributed by atoms with E-state index in [0.29, 0.717) is 0 Å². The molecule has 3 rings (SSSR count). The summed E-state index contributed by atoms with van der Waals surface area (Å²) in [5, 5.41) is 3.28. The number of carbonyl (C=O) groups is 2. The van der Waals surface area contributed by atoms with E-state index < -0.39 is 11.9 Å². The number of carbonyl (C=O) groups excluding carboxylic acids is 2. The lowest BCUT2D eigenvalue weighted by Gasteiger charge is -2.43. The highest BCUT2D eigenvalue weighted by molar-refractivity contribution is 6.01. The van der Waals surface area contributed by atoms with Crippen molar-refractivity contribution in [3.05, 3.63) is 34.9 Å². The Morgan fingerprint density at radius 3 is 2.37 bits per heavy atom. The summed E-state index contributed by atoms with van der Waals surface area (Å²) in [6, 6.07) is 5.55. The molecular formula is C22H33N3O2. The normalized spacial score (nSPS) is 22.7. The van der Waals surface area contributed by atoms with E-state index >= 15 is 0 Å². The molecule has 1 aliphatic carbocycles. The van der Waals surface area contributed by atoms with E-state index in [9.17, 15) is 9.59 Å². The van der Waals surface area contributed by atoms with E-state index in [1.165, 1.54) is 5.56 Å². The molecule has 27 heavy (non-hydrogen) atoms. The molecule has 1 saturated heterocycles. The third-order valence-corrected chi connectivity index (χ3v) is 6.45. The zero-order valence-electron chi connectivity index (χ0n) is 17.1. The van der Waals surface area contributed by atoms with Crippen molar-refractivity contribution < 1.29 is 9.59 Å². The quantitative estimate of drug-likeness (QED) is 0.779. The van der Waals surface area contributed by atoms with Gasteiger partial charge in [-0.1, -0.05) is 45.9 Å². The van der Waals surface area contributed by atoms with E-state index in [0.717, 1.165) is 50.1 Å². The molecule has 1 fully saturated rings. The smallest absolute Gasteiger partial charge is 0.235 e. The van der Waals surface area contributed by atoms with Gasteiger partial charge in [0.15, 0.2) is 5.78 Å². The van der Waals surface area contributed by atoms with Crippen LogP contribution in [0.5, 0.6) is 0 Å². The lowest BCUT2D eigenvalue weighted by Crippen LogP contribution is -2.53. The number of rotatable bonds is 5. The van der Waals surface area contributed by atoms with Crippen molar-refractivity contribution in [1.29, 1.82) is 0 Å². The summed E-state index contributed by atoms with van der Waals surface area (Å²) in [5.41, 5.74) is 8.88. The van der Waals surface area contributed by atoms with Gasteiger partial charge in [-0.15, -0.1) is 0 Å². The monoisotopic (exact) mass is 371 g/mol. The molecule has 0 spiro atoms. The van der Waals surface area contributed by atoms with Crippen LogP contribution in [0, 0.1) is 0 Å². The third kappa shape index (κ3) is 3.94. The first kappa shape index (κ1) is 20.0.